The fraction of sp³-hybridized carbons (Fsp3) is 0.333. The van der Waals surface area contributed by atoms with Gasteiger partial charge in [-0.25, -0.2) is 0 Å². The highest BCUT2D eigenvalue weighted by Gasteiger charge is 2.18. The highest BCUT2D eigenvalue weighted by atomic mass is 16.5. The van der Waals surface area contributed by atoms with E-state index >= 15 is 0 Å². The molecule has 96 valence electrons. The van der Waals surface area contributed by atoms with E-state index in [1.807, 2.05) is 26.0 Å². The summed E-state index contributed by atoms with van der Waals surface area (Å²) in [5.74, 6) is 1.73. The Hall–Kier alpha value is -1.74. The Morgan fingerprint density at radius 1 is 1.22 bits per heavy atom. The normalized spacial score (nSPS) is 12.5. The van der Waals surface area contributed by atoms with Crippen LogP contribution in [0.25, 0.3) is 0 Å². The van der Waals surface area contributed by atoms with Crippen molar-refractivity contribution < 1.29 is 9.15 Å². The van der Waals surface area contributed by atoms with Gasteiger partial charge in [0.2, 0.25) is 0 Å². The quantitative estimate of drug-likeness (QED) is 0.902. The lowest BCUT2D eigenvalue weighted by Gasteiger charge is -2.17. The van der Waals surface area contributed by atoms with E-state index in [0.29, 0.717) is 0 Å². The van der Waals surface area contributed by atoms with Gasteiger partial charge in [0.15, 0.2) is 0 Å². The molecular weight excluding hydrogens is 226 g/mol. The molecule has 1 atom stereocenters. The number of hydrogen-bond donors (Lipinski definition) is 1. The predicted molar refractivity (Wildman–Crippen MR) is 71.9 cm³/mol. The maximum atomic E-state index is 6.28. The van der Waals surface area contributed by atoms with E-state index in [-0.39, 0.29) is 6.04 Å². The third-order valence-electron chi connectivity index (χ3n) is 3.36. The van der Waals surface area contributed by atoms with Crippen LogP contribution < -0.4 is 10.5 Å². The first-order valence-electron chi connectivity index (χ1n) is 5.99. The average molecular weight is 245 g/mol. The van der Waals surface area contributed by atoms with Crippen LogP contribution in [0.3, 0.4) is 0 Å². The number of rotatable bonds is 3. The standard InChI is InChI=1S/C15H19NO2/c1-9-5-6-13(15(17-4)11(9)3)14(16)12-7-10(2)18-8-12/h5-8,14H,16H2,1-4H3. The maximum Gasteiger partial charge on any atom is 0.127 e. The summed E-state index contributed by atoms with van der Waals surface area (Å²) >= 11 is 0. The van der Waals surface area contributed by atoms with Crippen LogP contribution in [0, 0.1) is 20.8 Å². The maximum absolute atomic E-state index is 6.28. The van der Waals surface area contributed by atoms with Crippen molar-refractivity contribution in [1.29, 1.82) is 0 Å². The Balaban J connectivity index is 2.48. The second-order valence-corrected chi connectivity index (χ2v) is 4.60. The largest absolute Gasteiger partial charge is 0.496 e. The van der Waals surface area contributed by atoms with Gasteiger partial charge in [0.05, 0.1) is 19.4 Å². The van der Waals surface area contributed by atoms with Gasteiger partial charge in [-0.3, -0.25) is 0 Å². The van der Waals surface area contributed by atoms with Crippen LogP contribution in [0.1, 0.15) is 34.1 Å². The van der Waals surface area contributed by atoms with Gasteiger partial charge in [0.1, 0.15) is 11.5 Å². The molecule has 0 spiro atoms. The molecule has 0 aliphatic heterocycles. The van der Waals surface area contributed by atoms with Crippen molar-refractivity contribution in [2.45, 2.75) is 26.8 Å². The van der Waals surface area contributed by atoms with E-state index in [0.717, 1.165) is 28.2 Å². The molecule has 0 radical (unpaired) electrons. The Morgan fingerprint density at radius 2 is 1.94 bits per heavy atom. The number of furan rings is 1. The smallest absolute Gasteiger partial charge is 0.127 e. The van der Waals surface area contributed by atoms with Crippen molar-refractivity contribution in [2.75, 3.05) is 7.11 Å². The van der Waals surface area contributed by atoms with Gasteiger partial charge >= 0.3 is 0 Å². The summed E-state index contributed by atoms with van der Waals surface area (Å²) in [7, 11) is 1.68. The highest BCUT2D eigenvalue weighted by molar-refractivity contribution is 5.49. The topological polar surface area (TPSA) is 48.4 Å². The zero-order valence-electron chi connectivity index (χ0n) is 11.3. The van der Waals surface area contributed by atoms with Gasteiger partial charge in [-0.15, -0.1) is 0 Å². The van der Waals surface area contributed by atoms with Crippen molar-refractivity contribution in [1.82, 2.24) is 0 Å². The van der Waals surface area contributed by atoms with E-state index in [1.54, 1.807) is 13.4 Å². The fourth-order valence-electron chi connectivity index (χ4n) is 2.13. The van der Waals surface area contributed by atoms with Crippen LogP contribution in [0.15, 0.2) is 28.9 Å². The molecule has 0 aliphatic rings. The van der Waals surface area contributed by atoms with Crippen LogP contribution in [0.2, 0.25) is 0 Å². The second-order valence-electron chi connectivity index (χ2n) is 4.60. The summed E-state index contributed by atoms with van der Waals surface area (Å²) in [5, 5.41) is 0. The van der Waals surface area contributed by atoms with Gasteiger partial charge in [0, 0.05) is 11.1 Å². The molecule has 18 heavy (non-hydrogen) atoms. The zero-order valence-corrected chi connectivity index (χ0v) is 11.3. The van der Waals surface area contributed by atoms with Gasteiger partial charge in [-0.1, -0.05) is 12.1 Å². The predicted octanol–water partition coefficient (Wildman–Crippen LogP) is 3.26. The van der Waals surface area contributed by atoms with E-state index in [2.05, 4.69) is 13.0 Å². The average Bonchev–Trinajstić information content (AvgIpc) is 2.78. The van der Waals surface area contributed by atoms with Crippen LogP contribution in [0.5, 0.6) is 5.75 Å². The molecule has 1 aromatic carbocycles. The van der Waals surface area contributed by atoms with Crippen molar-refractivity contribution in [3.05, 3.63) is 52.5 Å². The van der Waals surface area contributed by atoms with E-state index < -0.39 is 0 Å². The lowest BCUT2D eigenvalue weighted by Crippen LogP contribution is -2.13. The molecule has 1 aromatic heterocycles. The number of benzene rings is 1. The Morgan fingerprint density at radius 3 is 2.50 bits per heavy atom. The Labute approximate surface area is 108 Å². The summed E-state index contributed by atoms with van der Waals surface area (Å²) in [6.45, 7) is 6.02. The summed E-state index contributed by atoms with van der Waals surface area (Å²) < 4.78 is 10.8. The molecule has 0 aliphatic carbocycles. The summed E-state index contributed by atoms with van der Waals surface area (Å²) in [6, 6.07) is 5.82. The van der Waals surface area contributed by atoms with Gasteiger partial charge < -0.3 is 14.9 Å². The van der Waals surface area contributed by atoms with Crippen LogP contribution in [-0.4, -0.2) is 7.11 Å². The SMILES string of the molecule is COc1c(C(N)c2coc(C)c2)ccc(C)c1C. The molecular formula is C15H19NO2. The number of methoxy groups -OCH3 is 1. The van der Waals surface area contributed by atoms with Crippen molar-refractivity contribution in [3.63, 3.8) is 0 Å². The number of hydrogen-bond acceptors (Lipinski definition) is 3. The molecule has 3 nitrogen and oxygen atoms in total. The Bertz CT molecular complexity index is 558. The third kappa shape index (κ3) is 2.14. The van der Waals surface area contributed by atoms with Gasteiger partial charge in [-0.2, -0.15) is 0 Å². The first-order chi connectivity index (χ1) is 8.54. The second kappa shape index (κ2) is 4.86. The highest BCUT2D eigenvalue weighted by Crippen LogP contribution is 2.33. The van der Waals surface area contributed by atoms with Gasteiger partial charge in [-0.05, 0) is 38.0 Å². The molecule has 0 amide bonds. The number of nitrogens with two attached hydrogens (primary N) is 1. The minimum absolute atomic E-state index is 0.225. The lowest BCUT2D eigenvalue weighted by molar-refractivity contribution is 0.404. The molecule has 0 bridgehead atoms. The third-order valence-corrected chi connectivity index (χ3v) is 3.36. The van der Waals surface area contributed by atoms with Crippen molar-refractivity contribution in [2.24, 2.45) is 5.73 Å². The molecule has 0 saturated heterocycles. The molecule has 1 heterocycles. The van der Waals surface area contributed by atoms with Crippen LogP contribution in [0.4, 0.5) is 0 Å². The zero-order chi connectivity index (χ0) is 13.3. The molecule has 1 unspecified atom stereocenters. The molecule has 0 saturated carbocycles. The van der Waals surface area contributed by atoms with Crippen molar-refractivity contribution >= 4 is 0 Å². The van der Waals surface area contributed by atoms with Gasteiger partial charge in [0.25, 0.3) is 0 Å². The molecule has 2 N–H and O–H groups in total. The lowest BCUT2D eigenvalue weighted by atomic mass is 9.96. The number of aryl methyl sites for hydroxylation is 2. The summed E-state index contributed by atoms with van der Waals surface area (Å²) in [5.41, 5.74) is 10.6. The van der Waals surface area contributed by atoms with Crippen LogP contribution in [-0.2, 0) is 0 Å². The Kier molecular flexibility index (Phi) is 3.43. The van der Waals surface area contributed by atoms with Crippen LogP contribution >= 0.6 is 0 Å². The summed E-state index contributed by atoms with van der Waals surface area (Å²) in [6.07, 6.45) is 1.70. The van der Waals surface area contributed by atoms with Crippen molar-refractivity contribution in [3.8, 4) is 5.75 Å². The molecule has 0 fully saturated rings. The minimum atomic E-state index is -0.225. The van der Waals surface area contributed by atoms with E-state index in [9.17, 15) is 0 Å². The van der Waals surface area contributed by atoms with E-state index in [4.69, 9.17) is 14.9 Å². The first-order valence-corrected chi connectivity index (χ1v) is 5.99. The molecule has 3 heteroatoms. The molecule has 2 aromatic rings. The monoisotopic (exact) mass is 245 g/mol. The first kappa shape index (κ1) is 12.7. The van der Waals surface area contributed by atoms with E-state index in [1.165, 1.54) is 5.56 Å². The minimum Gasteiger partial charge on any atom is -0.496 e. The fourth-order valence-corrected chi connectivity index (χ4v) is 2.13. The number of ether oxygens (including phenoxy) is 1. The summed E-state index contributed by atoms with van der Waals surface area (Å²) in [4.78, 5) is 0. The molecule has 2 rings (SSSR count).